The van der Waals surface area contributed by atoms with Crippen LogP contribution in [0.25, 0.3) is 0 Å². The Hall–Kier alpha value is -1.59. The largest absolute Gasteiger partial charge is 0.458 e. The molecule has 6 aliphatic rings. The van der Waals surface area contributed by atoms with Gasteiger partial charge in [-0.1, -0.05) is 13.8 Å². The van der Waals surface area contributed by atoms with Gasteiger partial charge in [0.2, 0.25) is 0 Å². The minimum Gasteiger partial charge on any atom is -0.458 e. The Morgan fingerprint density at radius 1 is 1.19 bits per heavy atom. The third-order valence-electron chi connectivity index (χ3n) is 9.01. The Bertz CT molecular complexity index is 747. The molecule has 5 saturated carbocycles. The molecule has 0 N–H and O–H groups in total. The van der Waals surface area contributed by atoms with Crippen molar-refractivity contribution in [1.29, 1.82) is 0 Å². The van der Waals surface area contributed by atoms with E-state index >= 15 is 0 Å². The molecule has 1 saturated heterocycles. The number of hydrogen-bond acceptors (Lipinski definition) is 6. The molecular formula is C20H24O6. The first kappa shape index (κ1) is 15.5. The molecule has 1 aliphatic heterocycles. The van der Waals surface area contributed by atoms with Crippen molar-refractivity contribution in [2.45, 2.75) is 58.2 Å². The van der Waals surface area contributed by atoms with Gasteiger partial charge in [-0.05, 0) is 48.9 Å². The second-order valence-corrected chi connectivity index (χ2v) is 10.2. The first-order valence-electron chi connectivity index (χ1n) is 9.85. The van der Waals surface area contributed by atoms with Crippen LogP contribution in [-0.4, -0.2) is 36.7 Å². The van der Waals surface area contributed by atoms with Crippen molar-refractivity contribution in [1.82, 2.24) is 0 Å². The normalized spacial score (nSPS) is 56.6. The molecule has 0 aromatic carbocycles. The summed E-state index contributed by atoms with van der Waals surface area (Å²) < 4.78 is 16.6. The minimum atomic E-state index is -0.521. The summed E-state index contributed by atoms with van der Waals surface area (Å²) in [6, 6.07) is 0. The van der Waals surface area contributed by atoms with Crippen molar-refractivity contribution < 1.29 is 28.6 Å². The summed E-state index contributed by atoms with van der Waals surface area (Å²) in [6.07, 6.45) is 4.26. The van der Waals surface area contributed by atoms with Crippen molar-refractivity contribution >= 4 is 17.9 Å². The van der Waals surface area contributed by atoms with Crippen LogP contribution in [0.1, 0.15) is 46.0 Å². The molecular weight excluding hydrogens is 336 g/mol. The van der Waals surface area contributed by atoms with Gasteiger partial charge >= 0.3 is 17.9 Å². The molecule has 6 rings (SSSR count). The van der Waals surface area contributed by atoms with Gasteiger partial charge in [-0.15, -0.1) is 0 Å². The number of hydrogen-bond donors (Lipinski definition) is 0. The van der Waals surface area contributed by atoms with E-state index in [0.717, 1.165) is 32.1 Å². The van der Waals surface area contributed by atoms with E-state index in [0.29, 0.717) is 5.92 Å². The van der Waals surface area contributed by atoms with Crippen LogP contribution < -0.4 is 0 Å². The lowest BCUT2D eigenvalue weighted by Crippen LogP contribution is -2.37. The van der Waals surface area contributed by atoms with Gasteiger partial charge in [0.05, 0.1) is 11.8 Å². The van der Waals surface area contributed by atoms with Crippen molar-refractivity contribution in [3.8, 4) is 0 Å². The predicted molar refractivity (Wildman–Crippen MR) is 86.4 cm³/mol. The highest BCUT2D eigenvalue weighted by molar-refractivity contribution is 5.84. The van der Waals surface area contributed by atoms with E-state index in [2.05, 4.69) is 13.8 Å². The third-order valence-corrected chi connectivity index (χ3v) is 9.01. The molecule has 8 unspecified atom stereocenters. The molecule has 0 aromatic heterocycles. The summed E-state index contributed by atoms with van der Waals surface area (Å²) in [6.45, 7) is 3.84. The SMILES string of the molecule is CC12CC1(C)C2C(=O)OCC(=O)OC1C2CC3CC4C(=O)OC1C4(C3)C2. The van der Waals surface area contributed by atoms with Crippen molar-refractivity contribution in [3.05, 3.63) is 0 Å². The van der Waals surface area contributed by atoms with Gasteiger partial charge in [-0.2, -0.15) is 0 Å². The zero-order chi connectivity index (χ0) is 18.1. The lowest BCUT2D eigenvalue weighted by molar-refractivity contribution is -0.172. The molecule has 0 radical (unpaired) electrons. The van der Waals surface area contributed by atoms with Crippen LogP contribution in [0.4, 0.5) is 0 Å². The third kappa shape index (κ3) is 1.59. The highest BCUT2D eigenvalue weighted by Crippen LogP contribution is 2.89. The molecule has 1 heterocycles. The van der Waals surface area contributed by atoms with Gasteiger partial charge in [0, 0.05) is 11.3 Å². The van der Waals surface area contributed by atoms with Crippen LogP contribution in [0, 0.1) is 39.9 Å². The fraction of sp³-hybridized carbons (Fsp3) is 0.850. The van der Waals surface area contributed by atoms with E-state index < -0.39 is 5.97 Å². The summed E-state index contributed by atoms with van der Waals surface area (Å²) in [5, 5.41) is 0. The summed E-state index contributed by atoms with van der Waals surface area (Å²) in [5.41, 5.74) is 0.0642. The lowest BCUT2D eigenvalue weighted by atomic mass is 9.73. The molecule has 140 valence electrons. The Kier molecular flexibility index (Phi) is 2.55. The molecule has 3 bridgehead atoms. The number of rotatable bonds is 4. The van der Waals surface area contributed by atoms with Gasteiger partial charge in [0.1, 0.15) is 12.2 Å². The van der Waals surface area contributed by atoms with Gasteiger partial charge in [-0.3, -0.25) is 9.59 Å². The van der Waals surface area contributed by atoms with E-state index in [4.69, 9.17) is 14.2 Å². The average molecular weight is 360 g/mol. The first-order chi connectivity index (χ1) is 12.3. The van der Waals surface area contributed by atoms with Crippen LogP contribution in [-0.2, 0) is 28.6 Å². The highest BCUT2D eigenvalue weighted by Gasteiger charge is 2.88. The van der Waals surface area contributed by atoms with Gasteiger partial charge in [-0.25, -0.2) is 4.79 Å². The summed E-state index contributed by atoms with van der Waals surface area (Å²) in [4.78, 5) is 36.7. The molecule has 1 spiro atoms. The average Bonchev–Trinajstić information content (AvgIpc) is 3.10. The molecule has 8 atom stereocenters. The Labute approximate surface area is 151 Å². The van der Waals surface area contributed by atoms with Crippen molar-refractivity contribution in [3.63, 3.8) is 0 Å². The minimum absolute atomic E-state index is 0.00731. The molecule has 0 amide bonds. The smallest absolute Gasteiger partial charge is 0.344 e. The van der Waals surface area contributed by atoms with Gasteiger partial charge in [0.25, 0.3) is 0 Å². The van der Waals surface area contributed by atoms with Crippen molar-refractivity contribution in [2.75, 3.05) is 6.61 Å². The fourth-order valence-corrected chi connectivity index (χ4v) is 7.54. The molecule has 26 heavy (non-hydrogen) atoms. The van der Waals surface area contributed by atoms with Gasteiger partial charge < -0.3 is 14.2 Å². The molecule has 6 nitrogen and oxygen atoms in total. The van der Waals surface area contributed by atoms with E-state index in [9.17, 15) is 14.4 Å². The van der Waals surface area contributed by atoms with Crippen molar-refractivity contribution in [2.24, 2.45) is 39.9 Å². The standard InChI is InChI=1S/C20H24O6/c1-18-8-19(18,2)14(18)17(23)24-7-12(21)25-13-10-3-9-4-11-16(22)26-15(13)20(11,5-9)6-10/h9-11,13-15H,3-8H2,1-2H3. The number of esters is 3. The molecule has 5 aliphatic carbocycles. The lowest BCUT2D eigenvalue weighted by Gasteiger charge is -2.28. The maximum atomic E-state index is 12.3. The maximum absolute atomic E-state index is 12.3. The molecule has 0 aromatic rings. The van der Waals surface area contributed by atoms with E-state index in [-0.39, 0.29) is 64.8 Å². The highest BCUT2D eigenvalue weighted by atomic mass is 16.6. The Balaban J connectivity index is 1.10. The Morgan fingerprint density at radius 3 is 2.65 bits per heavy atom. The number of carbonyl (C=O) groups is 3. The zero-order valence-corrected chi connectivity index (χ0v) is 15.2. The van der Waals surface area contributed by atoms with E-state index in [1.54, 1.807) is 0 Å². The molecule has 6 heteroatoms. The maximum Gasteiger partial charge on any atom is 0.344 e. The van der Waals surface area contributed by atoms with E-state index in [1.165, 1.54) is 0 Å². The quantitative estimate of drug-likeness (QED) is 0.562. The molecule has 6 fully saturated rings. The van der Waals surface area contributed by atoms with Crippen LogP contribution in [0.5, 0.6) is 0 Å². The van der Waals surface area contributed by atoms with E-state index in [1.807, 2.05) is 0 Å². The first-order valence-corrected chi connectivity index (χ1v) is 9.85. The van der Waals surface area contributed by atoms with Crippen LogP contribution >= 0.6 is 0 Å². The fourth-order valence-electron chi connectivity index (χ4n) is 7.54. The second-order valence-electron chi connectivity index (χ2n) is 10.2. The van der Waals surface area contributed by atoms with Crippen LogP contribution in [0.15, 0.2) is 0 Å². The van der Waals surface area contributed by atoms with Crippen LogP contribution in [0.3, 0.4) is 0 Å². The second kappa shape index (κ2) is 4.28. The number of fused-ring (bicyclic) bond motifs is 3. The number of ether oxygens (including phenoxy) is 3. The van der Waals surface area contributed by atoms with Gasteiger partial charge in [0.15, 0.2) is 6.61 Å². The monoisotopic (exact) mass is 360 g/mol. The summed E-state index contributed by atoms with van der Waals surface area (Å²) in [5.74, 6) is -0.170. The predicted octanol–water partition coefficient (Wildman–Crippen LogP) is 1.85. The Morgan fingerprint density at radius 2 is 1.96 bits per heavy atom. The zero-order valence-electron chi connectivity index (χ0n) is 15.2. The van der Waals surface area contributed by atoms with Crippen LogP contribution in [0.2, 0.25) is 0 Å². The summed E-state index contributed by atoms with van der Waals surface area (Å²) in [7, 11) is 0. The summed E-state index contributed by atoms with van der Waals surface area (Å²) >= 11 is 0. The topological polar surface area (TPSA) is 78.9 Å². The number of carbonyl (C=O) groups excluding carboxylic acids is 3.